The molecule has 0 aliphatic carbocycles. The first kappa shape index (κ1) is 84.1. The predicted molar refractivity (Wildman–Crippen MR) is 345 cm³/mol. The summed E-state index contributed by atoms with van der Waals surface area (Å²) in [7, 11) is -9.89. The Labute approximate surface area is 524 Å². The molecule has 2 unspecified atom stereocenters. The zero-order valence-electron chi connectivity index (χ0n) is 55.4. The summed E-state index contributed by atoms with van der Waals surface area (Å²) in [6, 6.07) is 0. The molecule has 0 amide bonds. The van der Waals surface area contributed by atoms with Gasteiger partial charge in [0.05, 0.1) is 26.4 Å². The van der Waals surface area contributed by atoms with E-state index in [0.29, 0.717) is 25.7 Å². The van der Waals surface area contributed by atoms with Gasteiger partial charge in [-0.15, -0.1) is 0 Å². The lowest BCUT2D eigenvalue weighted by atomic mass is 10.0. The lowest BCUT2D eigenvalue weighted by Gasteiger charge is -2.21. The fraction of sp³-hybridized carbons (Fsp3) is 0.940. The van der Waals surface area contributed by atoms with E-state index < -0.39 is 97.5 Å². The van der Waals surface area contributed by atoms with Crippen molar-refractivity contribution < 1.29 is 80.2 Å². The van der Waals surface area contributed by atoms with Gasteiger partial charge < -0.3 is 33.8 Å². The molecule has 86 heavy (non-hydrogen) atoms. The van der Waals surface area contributed by atoms with Crippen molar-refractivity contribution in [2.45, 2.75) is 361 Å². The maximum atomic E-state index is 13.0. The highest BCUT2D eigenvalue weighted by Crippen LogP contribution is 2.45. The monoisotopic (exact) mass is 1270 g/mol. The first-order chi connectivity index (χ1) is 41.5. The summed E-state index contributed by atoms with van der Waals surface area (Å²) in [6.07, 6.45) is 45.8. The number of hydrogen-bond acceptors (Lipinski definition) is 15. The first-order valence-corrected chi connectivity index (χ1v) is 38.1. The minimum absolute atomic E-state index is 0.107. The molecule has 0 aromatic heterocycles. The fourth-order valence-electron chi connectivity index (χ4n) is 10.1. The Balaban J connectivity index is 5.21. The van der Waals surface area contributed by atoms with Gasteiger partial charge in [0.2, 0.25) is 0 Å². The van der Waals surface area contributed by atoms with Crippen LogP contribution in [0.1, 0.15) is 343 Å². The van der Waals surface area contributed by atoms with Crippen LogP contribution in [0.25, 0.3) is 0 Å². The summed E-state index contributed by atoms with van der Waals surface area (Å²) in [5.74, 6) is -1.35. The first-order valence-electron chi connectivity index (χ1n) is 35.1. The van der Waals surface area contributed by atoms with Crippen LogP contribution in [0.3, 0.4) is 0 Å². The van der Waals surface area contributed by atoms with Crippen molar-refractivity contribution in [3.8, 4) is 0 Å². The Hall–Kier alpha value is -1.94. The van der Waals surface area contributed by atoms with Crippen molar-refractivity contribution in [1.29, 1.82) is 0 Å². The molecule has 0 bridgehead atoms. The van der Waals surface area contributed by atoms with Crippen molar-refractivity contribution >= 4 is 39.5 Å². The van der Waals surface area contributed by atoms with Crippen LogP contribution < -0.4 is 0 Å². The molecule has 510 valence electrons. The van der Waals surface area contributed by atoms with Crippen LogP contribution in [0.5, 0.6) is 0 Å². The second-order valence-electron chi connectivity index (χ2n) is 24.7. The maximum absolute atomic E-state index is 13.0. The van der Waals surface area contributed by atoms with E-state index in [1.807, 2.05) is 0 Å². The van der Waals surface area contributed by atoms with E-state index in [4.69, 9.17) is 37.0 Å². The average Bonchev–Trinajstić information content (AvgIpc) is 3.70. The molecule has 0 aliphatic rings. The standard InChI is InChI=1S/C67H130O17P2/c1-6-9-12-15-18-20-22-23-28-31-36-41-46-51-65(70)78-57-63(84-67(72)53-48-43-38-33-29-25-24-27-30-35-39-44-49-60(4)5)59-82-86(75,76)80-55-61(68)54-79-85(73,74)81-58-62(56-77-64(69)50-45-40-34-17-14-11-8-3)83-66(71)52-47-42-37-32-26-21-19-16-13-10-7-2/h60-63,68H,6-59H2,1-5H3,(H,73,74)(H,75,76)/t61-,62+,63+/m0/s1. The van der Waals surface area contributed by atoms with Crippen LogP contribution in [0.15, 0.2) is 0 Å². The Kier molecular flexibility index (Phi) is 59.2. The van der Waals surface area contributed by atoms with Crippen LogP contribution in [0.2, 0.25) is 0 Å². The van der Waals surface area contributed by atoms with Crippen molar-refractivity contribution in [3.63, 3.8) is 0 Å². The van der Waals surface area contributed by atoms with Crippen LogP contribution >= 0.6 is 15.6 Å². The zero-order valence-corrected chi connectivity index (χ0v) is 57.2. The normalized spacial score (nSPS) is 14.2. The third-order valence-electron chi connectivity index (χ3n) is 15.5. The van der Waals surface area contributed by atoms with Crippen molar-refractivity contribution in [2.75, 3.05) is 39.6 Å². The van der Waals surface area contributed by atoms with Gasteiger partial charge in [-0.3, -0.25) is 37.3 Å². The van der Waals surface area contributed by atoms with E-state index in [9.17, 15) is 43.2 Å². The topological polar surface area (TPSA) is 237 Å². The molecule has 0 rings (SSSR count). The minimum Gasteiger partial charge on any atom is -0.462 e. The number of carbonyl (C=O) groups excluding carboxylic acids is 4. The van der Waals surface area contributed by atoms with E-state index in [1.165, 1.54) is 154 Å². The van der Waals surface area contributed by atoms with Crippen molar-refractivity contribution in [1.82, 2.24) is 0 Å². The third kappa shape index (κ3) is 60.9. The Bertz CT molecular complexity index is 1670. The smallest absolute Gasteiger partial charge is 0.462 e. The lowest BCUT2D eigenvalue weighted by Crippen LogP contribution is -2.30. The molecule has 0 fully saturated rings. The van der Waals surface area contributed by atoms with Gasteiger partial charge in [0, 0.05) is 25.7 Å². The summed E-state index contributed by atoms with van der Waals surface area (Å²) in [5.41, 5.74) is 0. The molecule has 0 saturated heterocycles. The quantitative estimate of drug-likeness (QED) is 0.0222. The van der Waals surface area contributed by atoms with E-state index in [0.717, 1.165) is 109 Å². The summed E-state index contributed by atoms with van der Waals surface area (Å²) in [4.78, 5) is 72.3. The largest absolute Gasteiger partial charge is 0.472 e. The van der Waals surface area contributed by atoms with Crippen molar-refractivity contribution in [2.24, 2.45) is 5.92 Å². The molecular formula is C67H130O17P2. The van der Waals surface area contributed by atoms with Crippen LogP contribution in [0.4, 0.5) is 0 Å². The number of phosphoric acid groups is 2. The highest BCUT2D eigenvalue weighted by atomic mass is 31.2. The van der Waals surface area contributed by atoms with Gasteiger partial charge >= 0.3 is 39.5 Å². The van der Waals surface area contributed by atoms with Crippen molar-refractivity contribution in [3.05, 3.63) is 0 Å². The number of phosphoric ester groups is 2. The SMILES string of the molecule is CCCCCCCCCCCCCCCC(=O)OC[C@H](COP(=O)(O)OC[C@@H](O)COP(=O)(O)OC[C@@H](COC(=O)CCCCCCCCC)OC(=O)CCCCCCCCCCCCC)OC(=O)CCCCCCCCCCCCCCC(C)C. The molecule has 0 saturated carbocycles. The van der Waals surface area contributed by atoms with Gasteiger partial charge in [-0.2, -0.15) is 0 Å². The number of carbonyl (C=O) groups is 4. The number of rotatable bonds is 67. The third-order valence-corrected chi connectivity index (χ3v) is 17.4. The zero-order chi connectivity index (χ0) is 63.5. The number of aliphatic hydroxyl groups excluding tert-OH is 1. The second kappa shape index (κ2) is 60.6. The van der Waals surface area contributed by atoms with E-state index in [2.05, 4.69) is 34.6 Å². The van der Waals surface area contributed by atoms with E-state index >= 15 is 0 Å². The molecule has 17 nitrogen and oxygen atoms in total. The van der Waals surface area contributed by atoms with Crippen LogP contribution in [0, 0.1) is 5.92 Å². The van der Waals surface area contributed by atoms with Gasteiger partial charge in [0.1, 0.15) is 19.3 Å². The van der Waals surface area contributed by atoms with Crippen LogP contribution in [-0.2, 0) is 65.4 Å². The Morgan fingerprint density at radius 1 is 0.314 bits per heavy atom. The second-order valence-corrected chi connectivity index (χ2v) is 27.6. The van der Waals surface area contributed by atoms with E-state index in [1.54, 1.807) is 0 Å². The molecule has 0 radical (unpaired) electrons. The van der Waals surface area contributed by atoms with Gasteiger partial charge in [-0.25, -0.2) is 9.13 Å². The van der Waals surface area contributed by atoms with Crippen LogP contribution in [-0.4, -0.2) is 96.7 Å². The van der Waals surface area contributed by atoms with Gasteiger partial charge in [0.25, 0.3) is 0 Å². The molecule has 0 aromatic carbocycles. The van der Waals surface area contributed by atoms with Gasteiger partial charge in [-0.1, -0.05) is 291 Å². The molecular weight excluding hydrogens is 1140 g/mol. The molecule has 0 aliphatic heterocycles. The Morgan fingerprint density at radius 3 is 0.791 bits per heavy atom. The number of aliphatic hydroxyl groups is 1. The number of ether oxygens (including phenoxy) is 4. The number of unbranched alkanes of at least 4 members (excludes halogenated alkanes) is 39. The summed E-state index contributed by atoms with van der Waals surface area (Å²) >= 11 is 0. The molecule has 0 aromatic rings. The average molecular weight is 1270 g/mol. The molecule has 19 heteroatoms. The number of hydrogen-bond donors (Lipinski definition) is 3. The lowest BCUT2D eigenvalue weighted by molar-refractivity contribution is -0.161. The maximum Gasteiger partial charge on any atom is 0.472 e. The highest BCUT2D eigenvalue weighted by molar-refractivity contribution is 7.47. The fourth-order valence-corrected chi connectivity index (χ4v) is 11.7. The predicted octanol–water partition coefficient (Wildman–Crippen LogP) is 19.0. The molecule has 3 N–H and O–H groups in total. The highest BCUT2D eigenvalue weighted by Gasteiger charge is 2.30. The number of esters is 4. The molecule has 0 heterocycles. The van der Waals surface area contributed by atoms with Gasteiger partial charge in [-0.05, 0) is 31.6 Å². The van der Waals surface area contributed by atoms with Gasteiger partial charge in [0.15, 0.2) is 12.2 Å². The molecule has 0 spiro atoms. The van der Waals surface area contributed by atoms with E-state index in [-0.39, 0.29) is 25.7 Å². The minimum atomic E-state index is -4.95. The Morgan fingerprint density at radius 2 is 0.535 bits per heavy atom. The summed E-state index contributed by atoms with van der Waals surface area (Å²) in [5, 5.41) is 10.5. The molecule has 5 atom stereocenters. The summed E-state index contributed by atoms with van der Waals surface area (Å²) in [6.45, 7) is 7.19. The summed E-state index contributed by atoms with van der Waals surface area (Å²) < 4.78 is 68.1.